The van der Waals surface area contributed by atoms with Gasteiger partial charge < -0.3 is 10.6 Å². The average Bonchev–Trinajstić information content (AvgIpc) is 2.95. The topological polar surface area (TPSA) is 95.3 Å². The van der Waals surface area contributed by atoms with Crippen molar-refractivity contribution in [3.63, 3.8) is 0 Å². The van der Waals surface area contributed by atoms with E-state index in [9.17, 15) is 8.42 Å². The third kappa shape index (κ3) is 2.73. The zero-order valence-corrected chi connectivity index (χ0v) is 13.1. The molecule has 1 aliphatic rings. The Bertz CT molecular complexity index is 566. The molecule has 1 aromatic rings. The Morgan fingerprint density at radius 2 is 2.20 bits per heavy atom. The van der Waals surface area contributed by atoms with E-state index in [-0.39, 0.29) is 17.5 Å². The van der Waals surface area contributed by atoms with E-state index in [0.717, 1.165) is 19.4 Å². The van der Waals surface area contributed by atoms with Crippen molar-refractivity contribution in [3.05, 3.63) is 11.4 Å². The summed E-state index contributed by atoms with van der Waals surface area (Å²) < 4.78 is 27.4. The van der Waals surface area contributed by atoms with Gasteiger partial charge in [0.25, 0.3) is 0 Å². The summed E-state index contributed by atoms with van der Waals surface area (Å²) >= 11 is 0. The van der Waals surface area contributed by atoms with Gasteiger partial charge in [0.05, 0.1) is 11.4 Å². The quantitative estimate of drug-likeness (QED) is 0.791. The van der Waals surface area contributed by atoms with E-state index in [2.05, 4.69) is 10.2 Å². The van der Waals surface area contributed by atoms with Gasteiger partial charge >= 0.3 is 0 Å². The highest BCUT2D eigenvalue weighted by Gasteiger charge is 2.38. The number of likely N-dealkylation sites (N-methyl/N-ethyl adjacent to an activating group) is 1. The standard InChI is InChI=1S/C12H23N5O2S/c1-9-12(11(7-13)15-14-9)20(18,19)17-6-4-5-10(17)8-16(2)3/h10H,4-8,13H2,1-3H3,(H,14,15). The average molecular weight is 301 g/mol. The molecule has 2 heterocycles. The minimum absolute atomic E-state index is 0.0231. The summed E-state index contributed by atoms with van der Waals surface area (Å²) in [7, 11) is 0.381. The van der Waals surface area contributed by atoms with Gasteiger partial charge in [0.1, 0.15) is 4.90 Å². The van der Waals surface area contributed by atoms with Crippen LogP contribution in [0.3, 0.4) is 0 Å². The monoisotopic (exact) mass is 301 g/mol. The van der Waals surface area contributed by atoms with E-state index in [4.69, 9.17) is 5.73 Å². The molecule has 0 bridgehead atoms. The van der Waals surface area contributed by atoms with Gasteiger partial charge in [-0.2, -0.15) is 9.40 Å². The number of H-pyrrole nitrogens is 1. The van der Waals surface area contributed by atoms with Crippen molar-refractivity contribution >= 4 is 10.0 Å². The number of rotatable bonds is 5. The number of nitrogens with one attached hydrogen (secondary N) is 1. The van der Waals surface area contributed by atoms with Crippen LogP contribution in [0.5, 0.6) is 0 Å². The fraction of sp³-hybridized carbons (Fsp3) is 0.750. The van der Waals surface area contributed by atoms with Crippen molar-refractivity contribution in [3.8, 4) is 0 Å². The van der Waals surface area contributed by atoms with Gasteiger partial charge in [0, 0.05) is 25.7 Å². The maximum absolute atomic E-state index is 12.9. The summed E-state index contributed by atoms with van der Waals surface area (Å²) in [6.45, 7) is 3.13. The van der Waals surface area contributed by atoms with Gasteiger partial charge in [-0.1, -0.05) is 0 Å². The number of nitrogens with two attached hydrogens (primary N) is 1. The van der Waals surface area contributed by atoms with E-state index >= 15 is 0 Å². The SMILES string of the molecule is Cc1[nH]nc(CN)c1S(=O)(=O)N1CCCC1CN(C)C. The number of aromatic amines is 1. The van der Waals surface area contributed by atoms with Crippen LogP contribution in [0.2, 0.25) is 0 Å². The molecule has 1 fully saturated rings. The number of nitrogens with zero attached hydrogens (tertiary/aromatic N) is 3. The van der Waals surface area contributed by atoms with E-state index in [1.807, 2.05) is 19.0 Å². The maximum atomic E-state index is 12.9. The Kier molecular flexibility index (Phi) is 4.48. The van der Waals surface area contributed by atoms with E-state index in [0.29, 0.717) is 17.9 Å². The molecule has 2 rings (SSSR count). The van der Waals surface area contributed by atoms with Gasteiger partial charge in [-0.05, 0) is 33.9 Å². The molecular weight excluding hydrogens is 278 g/mol. The third-order valence-corrected chi connectivity index (χ3v) is 5.78. The first-order valence-electron chi connectivity index (χ1n) is 6.78. The third-order valence-electron chi connectivity index (χ3n) is 3.62. The second kappa shape index (κ2) is 5.80. The minimum atomic E-state index is -3.53. The summed E-state index contributed by atoms with van der Waals surface area (Å²) in [5.41, 5.74) is 6.57. The van der Waals surface area contributed by atoms with Gasteiger partial charge in [-0.15, -0.1) is 0 Å². The van der Waals surface area contributed by atoms with Crippen molar-refractivity contribution in [1.29, 1.82) is 0 Å². The fourth-order valence-electron chi connectivity index (χ4n) is 2.80. The van der Waals surface area contributed by atoms with Crippen LogP contribution >= 0.6 is 0 Å². The molecule has 20 heavy (non-hydrogen) atoms. The molecule has 1 saturated heterocycles. The Hall–Kier alpha value is -0.960. The molecule has 0 aliphatic carbocycles. The fourth-order valence-corrected chi connectivity index (χ4v) is 4.82. The van der Waals surface area contributed by atoms with Crippen LogP contribution in [0.4, 0.5) is 0 Å². The molecular formula is C12H23N5O2S. The second-order valence-corrected chi connectivity index (χ2v) is 7.33. The van der Waals surface area contributed by atoms with Gasteiger partial charge in [-0.3, -0.25) is 5.10 Å². The van der Waals surface area contributed by atoms with Crippen LogP contribution in [0.15, 0.2) is 4.90 Å². The summed E-state index contributed by atoms with van der Waals surface area (Å²) in [4.78, 5) is 2.27. The zero-order valence-electron chi connectivity index (χ0n) is 12.3. The highest BCUT2D eigenvalue weighted by Crippen LogP contribution is 2.29. The molecule has 3 N–H and O–H groups in total. The molecule has 1 aliphatic heterocycles. The predicted octanol–water partition coefficient (Wildman–Crippen LogP) is -0.108. The predicted molar refractivity (Wildman–Crippen MR) is 76.7 cm³/mol. The molecule has 7 nitrogen and oxygen atoms in total. The van der Waals surface area contributed by atoms with Crippen molar-refractivity contribution in [2.75, 3.05) is 27.2 Å². The Morgan fingerprint density at radius 3 is 2.80 bits per heavy atom. The molecule has 1 unspecified atom stereocenters. The van der Waals surface area contributed by atoms with Gasteiger partial charge in [0.15, 0.2) is 0 Å². The molecule has 0 spiro atoms. The number of aromatic nitrogens is 2. The molecule has 8 heteroatoms. The normalized spacial score (nSPS) is 20.9. The van der Waals surface area contributed by atoms with Crippen LogP contribution in [0.1, 0.15) is 24.2 Å². The first kappa shape index (κ1) is 15.4. The first-order valence-corrected chi connectivity index (χ1v) is 8.22. The highest BCUT2D eigenvalue weighted by atomic mass is 32.2. The molecule has 0 radical (unpaired) electrons. The minimum Gasteiger partial charge on any atom is -0.325 e. The number of sulfonamides is 1. The zero-order chi connectivity index (χ0) is 14.9. The summed E-state index contributed by atoms with van der Waals surface area (Å²) in [5.74, 6) is 0. The Balaban J connectivity index is 2.36. The lowest BCUT2D eigenvalue weighted by atomic mass is 10.2. The first-order chi connectivity index (χ1) is 9.37. The molecule has 1 aromatic heterocycles. The number of aryl methyl sites for hydroxylation is 1. The maximum Gasteiger partial charge on any atom is 0.247 e. The van der Waals surface area contributed by atoms with Gasteiger partial charge in [0.2, 0.25) is 10.0 Å². The molecule has 0 aromatic carbocycles. The summed E-state index contributed by atoms with van der Waals surface area (Å²) in [5, 5.41) is 6.72. The summed E-state index contributed by atoms with van der Waals surface area (Å²) in [6.07, 6.45) is 1.79. The Morgan fingerprint density at radius 1 is 1.50 bits per heavy atom. The molecule has 1 atom stereocenters. The van der Waals surface area contributed by atoms with Crippen molar-refractivity contribution in [2.45, 2.75) is 37.2 Å². The van der Waals surface area contributed by atoms with Crippen molar-refractivity contribution < 1.29 is 8.42 Å². The van der Waals surface area contributed by atoms with Crippen LogP contribution in [0.25, 0.3) is 0 Å². The van der Waals surface area contributed by atoms with Crippen LogP contribution < -0.4 is 5.73 Å². The molecule has 0 saturated carbocycles. The van der Waals surface area contributed by atoms with Gasteiger partial charge in [-0.25, -0.2) is 8.42 Å². The highest BCUT2D eigenvalue weighted by molar-refractivity contribution is 7.89. The van der Waals surface area contributed by atoms with Crippen molar-refractivity contribution in [1.82, 2.24) is 19.4 Å². The van der Waals surface area contributed by atoms with Crippen molar-refractivity contribution in [2.24, 2.45) is 5.73 Å². The van der Waals surface area contributed by atoms with E-state index < -0.39 is 10.0 Å². The number of hydrogen-bond donors (Lipinski definition) is 2. The van der Waals surface area contributed by atoms with E-state index in [1.54, 1.807) is 11.2 Å². The molecule has 0 amide bonds. The smallest absolute Gasteiger partial charge is 0.247 e. The van der Waals surface area contributed by atoms with Crippen LogP contribution in [-0.4, -0.2) is 61.0 Å². The lowest BCUT2D eigenvalue weighted by Gasteiger charge is -2.26. The number of hydrogen-bond acceptors (Lipinski definition) is 5. The second-order valence-electron chi connectivity index (χ2n) is 5.50. The summed E-state index contributed by atoms with van der Waals surface area (Å²) in [6, 6.07) is 0.0231. The Labute approximate surface area is 120 Å². The molecule has 114 valence electrons. The largest absolute Gasteiger partial charge is 0.325 e. The lowest BCUT2D eigenvalue weighted by Crippen LogP contribution is -2.41. The lowest BCUT2D eigenvalue weighted by molar-refractivity contribution is 0.291. The van der Waals surface area contributed by atoms with Crippen LogP contribution in [-0.2, 0) is 16.6 Å². The van der Waals surface area contributed by atoms with E-state index in [1.165, 1.54) is 0 Å². The van der Waals surface area contributed by atoms with Crippen LogP contribution in [0, 0.1) is 6.92 Å².